The van der Waals surface area contributed by atoms with Crippen LogP contribution in [0.2, 0.25) is 0 Å². The highest BCUT2D eigenvalue weighted by atomic mass is 16.5. The Balaban J connectivity index is 1.89. The second-order valence-electron chi connectivity index (χ2n) is 8.88. The molecule has 36 heavy (non-hydrogen) atoms. The molecule has 0 bridgehead atoms. The highest BCUT2D eigenvalue weighted by Gasteiger charge is 2.78. The quantitative estimate of drug-likeness (QED) is 0.528. The van der Waals surface area contributed by atoms with Gasteiger partial charge in [0.1, 0.15) is 23.4 Å². The standard InChI is InChI=1S/C28H25NO7/c1-33-19-13-20(34-2)24-21(14-19)36-28(18-11-9-16(15-29)10-12-18)23(17-7-5-4-6-8-17)22(26(31)35-3)25(30)27(24,28)32/h4-14,22-23,25,30,32H,1-3H3/t22-,23-,25-,27+,28+/m1/s1. The molecule has 0 radical (unpaired) electrons. The molecular weight excluding hydrogens is 462 g/mol. The number of methoxy groups -OCH3 is 3. The molecule has 0 spiro atoms. The lowest BCUT2D eigenvalue weighted by Gasteiger charge is -2.40. The van der Waals surface area contributed by atoms with Gasteiger partial charge in [0.15, 0.2) is 11.2 Å². The van der Waals surface area contributed by atoms with Gasteiger partial charge in [-0.1, -0.05) is 42.5 Å². The fraction of sp³-hybridized carbons (Fsp3) is 0.286. The van der Waals surface area contributed by atoms with Crippen molar-refractivity contribution in [3.05, 3.63) is 89.0 Å². The number of esters is 1. The molecule has 1 aliphatic heterocycles. The molecule has 1 aliphatic carbocycles. The van der Waals surface area contributed by atoms with Crippen LogP contribution in [0.25, 0.3) is 0 Å². The Morgan fingerprint density at radius 1 is 1.03 bits per heavy atom. The maximum absolute atomic E-state index is 13.2. The summed E-state index contributed by atoms with van der Waals surface area (Å²) in [6, 6.07) is 20.9. The van der Waals surface area contributed by atoms with E-state index in [4.69, 9.17) is 18.9 Å². The SMILES string of the molecule is COC(=O)[C@H]1[C@@H](O)[C@@]2(O)c3c(OC)cc(OC)cc3O[C@@]2(c2ccc(C#N)cc2)[C@@H]1c1ccccc1. The summed E-state index contributed by atoms with van der Waals surface area (Å²) in [6.45, 7) is 0. The molecule has 2 N–H and O–H groups in total. The largest absolute Gasteiger partial charge is 0.496 e. The van der Waals surface area contributed by atoms with Crippen LogP contribution < -0.4 is 14.2 Å². The lowest BCUT2D eigenvalue weighted by molar-refractivity contribution is -0.161. The van der Waals surface area contributed by atoms with Crippen LogP contribution in [0.15, 0.2) is 66.7 Å². The number of fused-ring (bicyclic) bond motifs is 3. The first-order chi connectivity index (χ1) is 17.4. The molecule has 1 saturated carbocycles. The summed E-state index contributed by atoms with van der Waals surface area (Å²) < 4.78 is 22.8. The zero-order valence-corrected chi connectivity index (χ0v) is 20.0. The van der Waals surface area contributed by atoms with Crippen molar-refractivity contribution < 1.29 is 34.0 Å². The topological polar surface area (TPSA) is 118 Å². The van der Waals surface area contributed by atoms with Crippen LogP contribution in [-0.4, -0.2) is 43.6 Å². The lowest BCUT2D eigenvalue weighted by atomic mass is 9.70. The van der Waals surface area contributed by atoms with Gasteiger partial charge in [0.25, 0.3) is 0 Å². The molecule has 3 aromatic rings. The Labute approximate surface area is 208 Å². The van der Waals surface area contributed by atoms with E-state index in [1.54, 1.807) is 36.4 Å². The average Bonchev–Trinajstić information content (AvgIpc) is 3.30. The molecule has 184 valence electrons. The fourth-order valence-electron chi connectivity index (χ4n) is 5.86. The van der Waals surface area contributed by atoms with Crippen LogP contribution in [0, 0.1) is 17.2 Å². The lowest BCUT2D eigenvalue weighted by Crippen LogP contribution is -2.52. The van der Waals surface area contributed by atoms with E-state index in [0.717, 1.165) is 0 Å². The van der Waals surface area contributed by atoms with Gasteiger partial charge in [-0.2, -0.15) is 5.26 Å². The van der Waals surface area contributed by atoms with Crippen LogP contribution in [0.1, 0.15) is 28.2 Å². The predicted molar refractivity (Wildman–Crippen MR) is 128 cm³/mol. The van der Waals surface area contributed by atoms with Crippen LogP contribution in [-0.2, 0) is 20.7 Å². The van der Waals surface area contributed by atoms with Crippen molar-refractivity contribution in [1.29, 1.82) is 5.26 Å². The predicted octanol–water partition coefficient (Wildman–Crippen LogP) is 3.00. The van der Waals surface area contributed by atoms with Crippen molar-refractivity contribution >= 4 is 5.97 Å². The molecule has 8 nitrogen and oxygen atoms in total. The number of benzene rings is 3. The fourth-order valence-corrected chi connectivity index (χ4v) is 5.86. The zero-order valence-electron chi connectivity index (χ0n) is 20.0. The molecular formula is C28H25NO7. The minimum Gasteiger partial charge on any atom is -0.496 e. The Hall–Kier alpha value is -4.06. The van der Waals surface area contributed by atoms with Crippen molar-refractivity contribution in [3.63, 3.8) is 0 Å². The van der Waals surface area contributed by atoms with E-state index in [-0.39, 0.29) is 17.1 Å². The number of ether oxygens (including phenoxy) is 4. The van der Waals surface area contributed by atoms with Gasteiger partial charge in [0, 0.05) is 18.1 Å². The van der Waals surface area contributed by atoms with Gasteiger partial charge >= 0.3 is 5.97 Å². The minimum absolute atomic E-state index is 0.204. The molecule has 0 unspecified atom stereocenters. The van der Waals surface area contributed by atoms with E-state index in [1.165, 1.54) is 21.3 Å². The highest BCUT2D eigenvalue weighted by Crippen LogP contribution is 2.70. The number of hydrogen-bond acceptors (Lipinski definition) is 8. The maximum Gasteiger partial charge on any atom is 0.312 e. The molecule has 5 atom stereocenters. The van der Waals surface area contributed by atoms with E-state index in [9.17, 15) is 20.3 Å². The zero-order chi connectivity index (χ0) is 25.7. The maximum atomic E-state index is 13.2. The summed E-state index contributed by atoms with van der Waals surface area (Å²) in [5.41, 5.74) is -2.06. The average molecular weight is 488 g/mol. The second kappa shape index (κ2) is 8.55. The van der Waals surface area contributed by atoms with Gasteiger partial charge in [0.2, 0.25) is 0 Å². The Kier molecular flexibility index (Phi) is 5.62. The molecule has 0 saturated heterocycles. The Morgan fingerprint density at radius 2 is 1.72 bits per heavy atom. The molecule has 0 aromatic heterocycles. The molecule has 1 heterocycles. The van der Waals surface area contributed by atoms with Crippen LogP contribution in [0.3, 0.4) is 0 Å². The van der Waals surface area contributed by atoms with Gasteiger partial charge in [-0.3, -0.25) is 4.79 Å². The number of rotatable bonds is 5. The van der Waals surface area contributed by atoms with E-state index >= 15 is 0 Å². The third kappa shape index (κ3) is 2.97. The number of nitrogens with zero attached hydrogens (tertiary/aromatic N) is 1. The molecule has 8 heteroatoms. The molecule has 3 aromatic carbocycles. The third-order valence-corrected chi connectivity index (χ3v) is 7.35. The number of carbonyl (C=O) groups is 1. The molecule has 1 fully saturated rings. The van der Waals surface area contributed by atoms with Crippen LogP contribution >= 0.6 is 0 Å². The molecule has 5 rings (SSSR count). The first-order valence-electron chi connectivity index (χ1n) is 11.4. The van der Waals surface area contributed by atoms with E-state index in [0.29, 0.717) is 22.4 Å². The number of aliphatic hydroxyl groups is 2. The summed E-state index contributed by atoms with van der Waals surface area (Å²) >= 11 is 0. The van der Waals surface area contributed by atoms with Crippen molar-refractivity contribution in [2.24, 2.45) is 5.92 Å². The Bertz CT molecular complexity index is 1350. The van der Waals surface area contributed by atoms with Crippen molar-refractivity contribution in [2.45, 2.75) is 23.2 Å². The number of hydrogen-bond donors (Lipinski definition) is 2. The summed E-state index contributed by atoms with van der Waals surface area (Å²) in [7, 11) is 4.18. The van der Waals surface area contributed by atoms with Gasteiger partial charge in [-0.25, -0.2) is 0 Å². The highest BCUT2D eigenvalue weighted by molar-refractivity contribution is 5.78. The smallest absolute Gasteiger partial charge is 0.312 e. The summed E-state index contributed by atoms with van der Waals surface area (Å²) in [5, 5.41) is 33.8. The number of aliphatic hydroxyl groups excluding tert-OH is 1. The minimum atomic E-state index is -2.13. The van der Waals surface area contributed by atoms with Crippen LogP contribution in [0.5, 0.6) is 17.2 Å². The van der Waals surface area contributed by atoms with Gasteiger partial charge in [0.05, 0.1) is 44.4 Å². The monoisotopic (exact) mass is 487 g/mol. The number of carbonyl (C=O) groups excluding carboxylic acids is 1. The second-order valence-corrected chi connectivity index (χ2v) is 8.88. The van der Waals surface area contributed by atoms with Gasteiger partial charge < -0.3 is 29.2 Å². The van der Waals surface area contributed by atoms with Gasteiger partial charge in [-0.05, 0) is 23.3 Å². The van der Waals surface area contributed by atoms with E-state index in [2.05, 4.69) is 6.07 Å². The normalized spacial score (nSPS) is 27.8. The van der Waals surface area contributed by atoms with Crippen LogP contribution in [0.4, 0.5) is 0 Å². The van der Waals surface area contributed by atoms with Crippen molar-refractivity contribution in [3.8, 4) is 23.3 Å². The summed E-state index contributed by atoms with van der Waals surface area (Å²) in [4.78, 5) is 13.2. The first-order valence-corrected chi connectivity index (χ1v) is 11.4. The third-order valence-electron chi connectivity index (χ3n) is 7.35. The molecule has 0 amide bonds. The van der Waals surface area contributed by atoms with Crippen molar-refractivity contribution in [2.75, 3.05) is 21.3 Å². The van der Waals surface area contributed by atoms with E-state index < -0.39 is 35.1 Å². The summed E-state index contributed by atoms with van der Waals surface area (Å²) in [5.74, 6) is -1.83. The molecule has 2 aliphatic rings. The first kappa shape index (κ1) is 23.7. The van der Waals surface area contributed by atoms with E-state index in [1.807, 2.05) is 30.3 Å². The summed E-state index contributed by atoms with van der Waals surface area (Å²) in [6.07, 6.45) is -1.63. The number of nitriles is 1. The Morgan fingerprint density at radius 3 is 2.31 bits per heavy atom. The van der Waals surface area contributed by atoms with Crippen molar-refractivity contribution in [1.82, 2.24) is 0 Å². The van der Waals surface area contributed by atoms with Gasteiger partial charge in [-0.15, -0.1) is 0 Å².